The minimum Gasteiger partial charge on any atom is -0.493 e. The lowest BCUT2D eigenvalue weighted by Crippen LogP contribution is -2.42. The molecule has 2 aromatic rings. The van der Waals surface area contributed by atoms with Crippen LogP contribution in [0, 0.1) is 21.3 Å². The summed E-state index contributed by atoms with van der Waals surface area (Å²) in [5.74, 6) is 0.136. The van der Waals surface area contributed by atoms with Crippen molar-refractivity contribution in [2.75, 3.05) is 19.0 Å². The molecule has 222 valence electrons. The van der Waals surface area contributed by atoms with Crippen LogP contribution in [0.3, 0.4) is 0 Å². The number of ketones is 2. The number of ether oxygens (including phenoxy) is 2. The summed E-state index contributed by atoms with van der Waals surface area (Å²) in [4.78, 5) is 40.0. The van der Waals surface area contributed by atoms with Crippen molar-refractivity contribution < 1.29 is 23.9 Å². The molecule has 7 nitrogen and oxygen atoms in total. The lowest BCUT2D eigenvalue weighted by Gasteiger charge is -2.44. The van der Waals surface area contributed by atoms with E-state index in [9.17, 15) is 14.4 Å². The number of dihydropyridines is 1. The van der Waals surface area contributed by atoms with Crippen LogP contribution in [-0.2, 0) is 14.4 Å². The number of halogens is 2. The molecule has 0 unspecified atom stereocenters. The van der Waals surface area contributed by atoms with E-state index in [-0.39, 0.29) is 34.9 Å². The van der Waals surface area contributed by atoms with Gasteiger partial charge in [-0.25, -0.2) is 0 Å². The largest absolute Gasteiger partial charge is 0.493 e. The third-order valence-electron chi connectivity index (χ3n) is 8.11. The van der Waals surface area contributed by atoms with Gasteiger partial charge in [-0.2, -0.15) is 0 Å². The summed E-state index contributed by atoms with van der Waals surface area (Å²) in [5, 5.41) is 6.91. The second-order valence-electron chi connectivity index (χ2n) is 13.1. The van der Waals surface area contributed by atoms with Gasteiger partial charge in [-0.3, -0.25) is 14.4 Å². The van der Waals surface area contributed by atoms with Gasteiger partial charge in [-0.05, 0) is 88.6 Å². The molecule has 1 heterocycles. The lowest BCUT2D eigenvalue weighted by atomic mass is 9.64. The summed E-state index contributed by atoms with van der Waals surface area (Å²) in [7, 11) is 1.54. The van der Waals surface area contributed by atoms with Crippen LogP contribution in [-0.4, -0.2) is 31.2 Å². The summed E-state index contributed by atoms with van der Waals surface area (Å²) in [6.07, 6.45) is 2.30. The molecule has 1 amide bonds. The molecule has 3 aliphatic rings. The molecule has 0 saturated carbocycles. The molecule has 0 atom stereocenters. The molecule has 2 aliphatic carbocycles. The predicted molar refractivity (Wildman–Crippen MR) is 172 cm³/mol. The van der Waals surface area contributed by atoms with Crippen molar-refractivity contribution in [1.29, 1.82) is 0 Å². The van der Waals surface area contributed by atoms with Crippen molar-refractivity contribution in [2.45, 2.75) is 66.2 Å². The molecular formula is C33H36ClIN2O5. The quantitative estimate of drug-likeness (QED) is 0.308. The molecule has 42 heavy (non-hydrogen) atoms. The monoisotopic (exact) mass is 702 g/mol. The van der Waals surface area contributed by atoms with Gasteiger partial charge in [0.05, 0.1) is 10.7 Å². The Labute approximate surface area is 265 Å². The number of hydrogen-bond acceptors (Lipinski definition) is 6. The number of aryl methyl sites for hydroxylation is 1. The molecule has 9 heteroatoms. The van der Waals surface area contributed by atoms with E-state index in [1.54, 1.807) is 12.1 Å². The first kappa shape index (κ1) is 30.6. The van der Waals surface area contributed by atoms with Gasteiger partial charge in [-0.15, -0.1) is 0 Å². The van der Waals surface area contributed by atoms with Crippen molar-refractivity contribution in [3.8, 4) is 11.5 Å². The first-order chi connectivity index (χ1) is 19.7. The minimum atomic E-state index is -0.491. The van der Waals surface area contributed by atoms with Gasteiger partial charge in [0.15, 0.2) is 29.7 Å². The molecule has 0 spiro atoms. The molecular weight excluding hydrogens is 667 g/mol. The number of Topliss-reactive ketones (excluding diaryl/α,β-unsaturated/α-hetero) is 2. The summed E-state index contributed by atoms with van der Waals surface area (Å²) in [6, 6.07) is 9.08. The first-order valence-corrected chi connectivity index (χ1v) is 15.5. The van der Waals surface area contributed by atoms with E-state index in [0.29, 0.717) is 49.8 Å². The number of amides is 1. The maximum atomic E-state index is 13.7. The minimum absolute atomic E-state index is 0.0603. The molecule has 0 bridgehead atoms. The molecule has 5 rings (SSSR count). The fraction of sp³-hybridized carbons (Fsp3) is 0.424. The number of allylic oxidation sites excluding steroid dienone is 4. The van der Waals surface area contributed by atoms with E-state index in [1.165, 1.54) is 7.11 Å². The van der Waals surface area contributed by atoms with Gasteiger partial charge < -0.3 is 20.1 Å². The van der Waals surface area contributed by atoms with E-state index < -0.39 is 5.92 Å². The summed E-state index contributed by atoms with van der Waals surface area (Å²) >= 11 is 8.34. The lowest BCUT2D eigenvalue weighted by molar-refractivity contribution is -0.119. The highest BCUT2D eigenvalue weighted by Crippen LogP contribution is 2.52. The third-order valence-corrected chi connectivity index (χ3v) is 9.32. The van der Waals surface area contributed by atoms with E-state index in [1.807, 2.05) is 25.1 Å². The van der Waals surface area contributed by atoms with Crippen molar-refractivity contribution in [1.82, 2.24) is 5.32 Å². The highest BCUT2D eigenvalue weighted by Gasteiger charge is 2.46. The Morgan fingerprint density at radius 2 is 1.60 bits per heavy atom. The normalized spacial score (nSPS) is 19.6. The fourth-order valence-electron chi connectivity index (χ4n) is 6.27. The number of carbonyl (C=O) groups is 3. The standard InChI is InChI=1S/C33H36ClIN2O5/c1-17-7-8-19(11-20(17)34)36-27(40)16-42-31-21(35)9-18(10-26(31)41-6)28-29-22(12-32(2,3)14-24(29)38)37-23-13-33(4,5)15-25(39)30(23)28/h7-11,28,37H,12-16H2,1-6H3,(H,36,40). The van der Waals surface area contributed by atoms with Gasteiger partial charge in [0.2, 0.25) is 0 Å². The van der Waals surface area contributed by atoms with Gasteiger partial charge in [0.1, 0.15) is 0 Å². The summed E-state index contributed by atoms with van der Waals surface area (Å²) in [6.45, 7) is 10.1. The topological polar surface area (TPSA) is 93.7 Å². The number of nitrogens with one attached hydrogen (secondary N) is 2. The zero-order valence-corrected chi connectivity index (χ0v) is 27.7. The number of carbonyl (C=O) groups excluding carboxylic acids is 3. The van der Waals surface area contributed by atoms with Crippen LogP contribution < -0.4 is 20.1 Å². The highest BCUT2D eigenvalue weighted by molar-refractivity contribution is 14.1. The SMILES string of the molecule is COc1cc(C2C3=C(CC(C)(C)CC3=O)NC3=C2C(=O)CC(C)(C)C3)cc(I)c1OCC(=O)Nc1ccc(C)c(Cl)c1. The molecule has 0 radical (unpaired) electrons. The van der Waals surface area contributed by atoms with Crippen LogP contribution in [0.2, 0.25) is 5.02 Å². The maximum Gasteiger partial charge on any atom is 0.262 e. The molecule has 0 fully saturated rings. The average molecular weight is 703 g/mol. The number of methoxy groups -OCH3 is 1. The van der Waals surface area contributed by atoms with Crippen LogP contribution in [0.1, 0.15) is 70.4 Å². The van der Waals surface area contributed by atoms with Crippen molar-refractivity contribution in [3.63, 3.8) is 0 Å². The Kier molecular flexibility index (Phi) is 8.26. The summed E-state index contributed by atoms with van der Waals surface area (Å²) in [5.41, 5.74) is 5.11. The van der Waals surface area contributed by atoms with E-state index in [4.69, 9.17) is 21.1 Å². The fourth-order valence-corrected chi connectivity index (χ4v) is 7.24. The molecule has 2 N–H and O–H groups in total. The highest BCUT2D eigenvalue weighted by atomic mass is 127. The average Bonchev–Trinajstić information content (AvgIpc) is 2.87. The second kappa shape index (κ2) is 11.3. The maximum absolute atomic E-state index is 13.7. The Bertz CT molecular complexity index is 1520. The smallest absolute Gasteiger partial charge is 0.262 e. The van der Waals surface area contributed by atoms with Crippen molar-refractivity contribution in [2.24, 2.45) is 10.8 Å². The van der Waals surface area contributed by atoms with E-state index >= 15 is 0 Å². The third kappa shape index (κ3) is 6.11. The van der Waals surface area contributed by atoms with Gasteiger partial charge >= 0.3 is 0 Å². The Morgan fingerprint density at radius 1 is 1.00 bits per heavy atom. The van der Waals surface area contributed by atoms with E-state index in [0.717, 1.165) is 35.4 Å². The van der Waals surface area contributed by atoms with Gasteiger partial charge in [0, 0.05) is 52.0 Å². The van der Waals surface area contributed by atoms with Crippen LogP contribution in [0.25, 0.3) is 0 Å². The first-order valence-electron chi connectivity index (χ1n) is 14.0. The van der Waals surface area contributed by atoms with Gasteiger partial charge in [-0.1, -0.05) is 45.4 Å². The second-order valence-corrected chi connectivity index (χ2v) is 14.6. The Balaban J connectivity index is 1.49. The van der Waals surface area contributed by atoms with Gasteiger partial charge in [0.25, 0.3) is 5.91 Å². The summed E-state index contributed by atoms with van der Waals surface area (Å²) < 4.78 is 12.4. The molecule has 0 saturated heterocycles. The number of anilines is 1. The van der Waals surface area contributed by atoms with E-state index in [2.05, 4.69) is 60.9 Å². The predicted octanol–water partition coefficient (Wildman–Crippen LogP) is 7.25. The zero-order valence-electron chi connectivity index (χ0n) is 24.8. The number of benzene rings is 2. The van der Waals surface area contributed by atoms with Crippen molar-refractivity contribution in [3.05, 3.63) is 72.6 Å². The molecule has 1 aliphatic heterocycles. The number of hydrogen-bond donors (Lipinski definition) is 2. The van der Waals surface area contributed by atoms with Crippen molar-refractivity contribution >= 4 is 57.4 Å². The van der Waals surface area contributed by atoms with Crippen LogP contribution in [0.5, 0.6) is 11.5 Å². The Hall–Kier alpha value is -2.85. The number of rotatable bonds is 6. The molecule has 2 aromatic carbocycles. The molecule has 0 aromatic heterocycles. The van der Waals surface area contributed by atoms with Crippen LogP contribution in [0.15, 0.2) is 52.9 Å². The van der Waals surface area contributed by atoms with Crippen LogP contribution >= 0.6 is 34.2 Å². The Morgan fingerprint density at radius 3 is 2.14 bits per heavy atom. The zero-order chi connectivity index (χ0) is 30.6. The van der Waals surface area contributed by atoms with Crippen LogP contribution in [0.4, 0.5) is 5.69 Å².